The third-order valence-corrected chi connectivity index (χ3v) is 4.73. The van der Waals surface area contributed by atoms with Gasteiger partial charge in [-0.2, -0.15) is 0 Å². The van der Waals surface area contributed by atoms with E-state index in [2.05, 4.69) is 46.4 Å². The molecule has 0 bridgehead atoms. The molecule has 0 aromatic heterocycles. The van der Waals surface area contributed by atoms with Crippen molar-refractivity contribution in [2.24, 2.45) is 10.7 Å². The summed E-state index contributed by atoms with van der Waals surface area (Å²) in [5, 5.41) is 3.18. The van der Waals surface area contributed by atoms with Gasteiger partial charge in [0.1, 0.15) is 0 Å². The molecular weight excluding hydrogens is 435 g/mol. The summed E-state index contributed by atoms with van der Waals surface area (Å²) < 4.78 is 5.34. The topological polar surface area (TPSA) is 62.9 Å². The molecule has 0 aliphatic carbocycles. The molecule has 0 atom stereocenters. The maximum atomic E-state index is 5.89. The lowest BCUT2D eigenvalue weighted by Crippen LogP contribution is -2.37. The number of nitrogens with zero attached hydrogens (tertiary/aromatic N) is 2. The summed E-state index contributed by atoms with van der Waals surface area (Å²) in [6.45, 7) is 8.56. The first-order chi connectivity index (χ1) is 11.2. The normalized spacial score (nSPS) is 15.8. The number of guanidine groups is 1. The van der Waals surface area contributed by atoms with Crippen LogP contribution in [-0.2, 0) is 4.74 Å². The fourth-order valence-corrected chi connectivity index (χ4v) is 3.13. The molecule has 1 aliphatic rings. The van der Waals surface area contributed by atoms with Crippen LogP contribution in [0.2, 0.25) is 0 Å². The number of rotatable bonds is 8. The summed E-state index contributed by atoms with van der Waals surface area (Å²) in [7, 11) is 0. The second kappa shape index (κ2) is 12.8. The highest BCUT2D eigenvalue weighted by atomic mass is 127. The predicted octanol–water partition coefficient (Wildman–Crippen LogP) is 2.33. The molecule has 2 rings (SSSR count). The van der Waals surface area contributed by atoms with Crippen molar-refractivity contribution in [1.29, 1.82) is 0 Å². The van der Waals surface area contributed by atoms with E-state index < -0.39 is 0 Å². The van der Waals surface area contributed by atoms with E-state index in [4.69, 9.17) is 10.5 Å². The van der Waals surface area contributed by atoms with E-state index in [1.807, 2.05) is 11.8 Å². The van der Waals surface area contributed by atoms with Crippen LogP contribution in [0.25, 0.3) is 0 Å². The monoisotopic (exact) mass is 464 g/mol. The van der Waals surface area contributed by atoms with Gasteiger partial charge in [-0.15, -0.1) is 35.7 Å². The van der Waals surface area contributed by atoms with Crippen LogP contribution in [-0.4, -0.2) is 62.5 Å². The Bertz CT molecular complexity index is 478. The number of ether oxygens (including phenoxy) is 1. The molecule has 1 saturated heterocycles. The predicted molar refractivity (Wildman–Crippen MR) is 114 cm³/mol. The molecule has 0 amide bonds. The van der Waals surface area contributed by atoms with Crippen LogP contribution < -0.4 is 11.1 Å². The van der Waals surface area contributed by atoms with E-state index in [1.165, 1.54) is 10.5 Å². The number of hydrogen-bond acceptors (Lipinski definition) is 4. The number of aryl methyl sites for hydroxylation is 1. The van der Waals surface area contributed by atoms with Gasteiger partial charge < -0.3 is 15.8 Å². The number of aliphatic imine (C=N–C) groups is 1. The van der Waals surface area contributed by atoms with Crippen LogP contribution in [0.3, 0.4) is 0 Å². The van der Waals surface area contributed by atoms with Gasteiger partial charge >= 0.3 is 0 Å². The molecule has 0 unspecified atom stereocenters. The van der Waals surface area contributed by atoms with Crippen molar-refractivity contribution in [2.45, 2.75) is 18.2 Å². The SMILES string of the molecule is Cc1ccc(SCCNC(N)=NCCCN2CCOCC2)cc1.I. The maximum absolute atomic E-state index is 5.89. The Balaban J connectivity index is 0.00000288. The zero-order valence-electron chi connectivity index (χ0n) is 14.4. The molecule has 1 aromatic carbocycles. The van der Waals surface area contributed by atoms with Gasteiger partial charge in [-0.1, -0.05) is 17.7 Å². The van der Waals surface area contributed by atoms with Crippen molar-refractivity contribution in [3.8, 4) is 0 Å². The Hall–Kier alpha value is -0.510. The summed E-state index contributed by atoms with van der Waals surface area (Å²) in [6.07, 6.45) is 1.04. The Morgan fingerprint density at radius 2 is 2.00 bits per heavy atom. The second-order valence-corrected chi connectivity index (χ2v) is 6.83. The van der Waals surface area contributed by atoms with Gasteiger partial charge in [0.05, 0.1) is 13.2 Å². The van der Waals surface area contributed by atoms with E-state index in [1.54, 1.807) is 0 Å². The molecule has 5 nitrogen and oxygen atoms in total. The number of hydrogen-bond donors (Lipinski definition) is 2. The fourth-order valence-electron chi connectivity index (χ4n) is 2.36. The Labute approximate surface area is 166 Å². The van der Waals surface area contributed by atoms with E-state index >= 15 is 0 Å². The molecule has 0 saturated carbocycles. The summed E-state index contributed by atoms with van der Waals surface area (Å²) >= 11 is 1.83. The van der Waals surface area contributed by atoms with Gasteiger partial charge in [0, 0.05) is 43.4 Å². The van der Waals surface area contributed by atoms with Crippen molar-refractivity contribution in [3.05, 3.63) is 29.8 Å². The Morgan fingerprint density at radius 3 is 2.71 bits per heavy atom. The number of morpholine rings is 1. The number of nitrogens with two attached hydrogens (primary N) is 1. The van der Waals surface area contributed by atoms with Gasteiger partial charge in [0.2, 0.25) is 0 Å². The van der Waals surface area contributed by atoms with E-state index in [9.17, 15) is 0 Å². The van der Waals surface area contributed by atoms with Gasteiger partial charge in [-0.3, -0.25) is 9.89 Å². The highest BCUT2D eigenvalue weighted by Gasteiger charge is 2.08. The molecule has 0 radical (unpaired) electrons. The van der Waals surface area contributed by atoms with Crippen molar-refractivity contribution >= 4 is 41.7 Å². The Morgan fingerprint density at radius 1 is 1.29 bits per heavy atom. The van der Waals surface area contributed by atoms with E-state index in [0.717, 1.165) is 58.1 Å². The summed E-state index contributed by atoms with van der Waals surface area (Å²) in [5.74, 6) is 1.53. The van der Waals surface area contributed by atoms with Crippen LogP contribution in [0.1, 0.15) is 12.0 Å². The average molecular weight is 464 g/mol. The quantitative estimate of drug-likeness (QED) is 0.203. The van der Waals surface area contributed by atoms with Gasteiger partial charge in [-0.25, -0.2) is 0 Å². The van der Waals surface area contributed by atoms with Crippen LogP contribution in [0.5, 0.6) is 0 Å². The van der Waals surface area contributed by atoms with Gasteiger partial charge in [0.15, 0.2) is 5.96 Å². The molecule has 1 heterocycles. The number of benzene rings is 1. The highest BCUT2D eigenvalue weighted by molar-refractivity contribution is 14.0. The minimum Gasteiger partial charge on any atom is -0.379 e. The van der Waals surface area contributed by atoms with Gasteiger partial charge in [-0.05, 0) is 25.5 Å². The molecule has 3 N–H and O–H groups in total. The molecule has 1 fully saturated rings. The average Bonchev–Trinajstić information content (AvgIpc) is 2.58. The number of halogens is 1. The zero-order valence-corrected chi connectivity index (χ0v) is 17.5. The first kappa shape index (κ1) is 21.5. The molecule has 7 heteroatoms. The van der Waals surface area contributed by atoms with Crippen LogP contribution in [0, 0.1) is 6.92 Å². The standard InChI is InChI=1S/C17H28N4OS.HI/c1-15-3-5-16(6-4-15)23-14-8-20-17(18)19-7-2-9-21-10-12-22-13-11-21;/h3-6H,2,7-14H2,1H3,(H3,18,19,20);1H. The van der Waals surface area contributed by atoms with Crippen molar-refractivity contribution in [1.82, 2.24) is 10.2 Å². The minimum absolute atomic E-state index is 0. The smallest absolute Gasteiger partial charge is 0.188 e. The zero-order chi connectivity index (χ0) is 16.3. The third kappa shape index (κ3) is 9.10. The fraction of sp³-hybridized carbons (Fsp3) is 0.588. The van der Waals surface area contributed by atoms with Gasteiger partial charge in [0.25, 0.3) is 0 Å². The third-order valence-electron chi connectivity index (χ3n) is 3.72. The number of thioether (sulfide) groups is 1. The molecule has 1 aliphatic heterocycles. The van der Waals surface area contributed by atoms with Crippen LogP contribution in [0.15, 0.2) is 34.2 Å². The first-order valence-corrected chi connectivity index (χ1v) is 9.26. The largest absolute Gasteiger partial charge is 0.379 e. The summed E-state index contributed by atoms with van der Waals surface area (Å²) in [4.78, 5) is 8.09. The van der Waals surface area contributed by atoms with Crippen molar-refractivity contribution in [2.75, 3.05) is 51.7 Å². The first-order valence-electron chi connectivity index (χ1n) is 8.27. The molecular formula is C17H29IN4OS. The Kier molecular flexibility index (Phi) is 11.5. The second-order valence-electron chi connectivity index (χ2n) is 5.66. The van der Waals surface area contributed by atoms with Crippen molar-refractivity contribution in [3.63, 3.8) is 0 Å². The molecule has 24 heavy (non-hydrogen) atoms. The summed E-state index contributed by atoms with van der Waals surface area (Å²) in [6, 6.07) is 8.59. The molecule has 0 spiro atoms. The lowest BCUT2D eigenvalue weighted by molar-refractivity contribution is 0.0377. The van der Waals surface area contributed by atoms with Crippen LogP contribution in [0.4, 0.5) is 0 Å². The van der Waals surface area contributed by atoms with E-state index in [0.29, 0.717) is 5.96 Å². The highest BCUT2D eigenvalue weighted by Crippen LogP contribution is 2.17. The van der Waals surface area contributed by atoms with E-state index in [-0.39, 0.29) is 24.0 Å². The van der Waals surface area contributed by atoms with Crippen LogP contribution >= 0.6 is 35.7 Å². The maximum Gasteiger partial charge on any atom is 0.188 e. The molecule has 1 aromatic rings. The van der Waals surface area contributed by atoms with Crippen molar-refractivity contribution < 1.29 is 4.74 Å². The minimum atomic E-state index is 0. The lowest BCUT2D eigenvalue weighted by atomic mass is 10.2. The number of nitrogens with one attached hydrogen (secondary N) is 1. The lowest BCUT2D eigenvalue weighted by Gasteiger charge is -2.26. The summed E-state index contributed by atoms with van der Waals surface area (Å²) in [5.41, 5.74) is 7.18. The molecule has 136 valence electrons.